The molecule has 2 N–H and O–H groups in total. The van der Waals surface area contributed by atoms with Crippen molar-refractivity contribution in [2.24, 2.45) is 0 Å². The maximum atomic E-state index is 11.9. The Labute approximate surface area is 129 Å². The number of amides is 1. The fourth-order valence-electron chi connectivity index (χ4n) is 1.99. The monoisotopic (exact) mass is 313 g/mol. The molecule has 0 saturated carbocycles. The lowest BCUT2D eigenvalue weighted by Crippen LogP contribution is -2.30. The lowest BCUT2D eigenvalue weighted by atomic mass is 9.93. The van der Waals surface area contributed by atoms with E-state index in [1.54, 1.807) is 11.8 Å². The summed E-state index contributed by atoms with van der Waals surface area (Å²) in [6.07, 6.45) is 2.31. The molecule has 6 heteroatoms. The van der Waals surface area contributed by atoms with Gasteiger partial charge in [-0.05, 0) is 25.9 Å². The molecule has 4 nitrogen and oxygen atoms in total. The normalized spacial score (nSPS) is 17.1. The molecule has 0 spiro atoms. The molecule has 0 bridgehead atoms. The third-order valence-corrected chi connectivity index (χ3v) is 5.38. The van der Waals surface area contributed by atoms with Gasteiger partial charge in [-0.2, -0.15) is 0 Å². The van der Waals surface area contributed by atoms with Crippen LogP contribution in [0.1, 0.15) is 39.3 Å². The van der Waals surface area contributed by atoms with E-state index in [2.05, 4.69) is 36.4 Å². The highest BCUT2D eigenvalue weighted by Gasteiger charge is 2.19. The number of thioether (sulfide) groups is 1. The Morgan fingerprint density at radius 1 is 1.50 bits per heavy atom. The number of piperidine rings is 1. The lowest BCUT2D eigenvalue weighted by molar-refractivity contribution is -0.113. The summed E-state index contributed by atoms with van der Waals surface area (Å²) in [5.74, 6) is 0.582. The standard InChI is InChI=1S/C14H23N3OS2/c1-14(2,3)11-8-20-13(16-11)17-12(18)9-19-10-4-6-15-7-5-10/h8,10,15H,4-7,9H2,1-3H3,(H,16,17,18). The molecule has 1 fully saturated rings. The molecule has 0 atom stereocenters. The molecule has 0 unspecified atom stereocenters. The van der Waals surface area contributed by atoms with Crippen molar-refractivity contribution >= 4 is 34.1 Å². The predicted octanol–water partition coefficient (Wildman–Crippen LogP) is 2.86. The number of carbonyl (C=O) groups is 1. The zero-order chi connectivity index (χ0) is 14.6. The van der Waals surface area contributed by atoms with Crippen LogP contribution in [0, 0.1) is 0 Å². The largest absolute Gasteiger partial charge is 0.317 e. The van der Waals surface area contributed by atoms with Crippen LogP contribution in [0.15, 0.2) is 5.38 Å². The Morgan fingerprint density at radius 2 is 2.20 bits per heavy atom. The summed E-state index contributed by atoms with van der Waals surface area (Å²) in [6.45, 7) is 8.52. The maximum absolute atomic E-state index is 11.9. The van der Waals surface area contributed by atoms with Gasteiger partial charge in [0.2, 0.25) is 5.91 Å². The van der Waals surface area contributed by atoms with E-state index in [0.717, 1.165) is 31.6 Å². The van der Waals surface area contributed by atoms with E-state index < -0.39 is 0 Å². The molecule has 112 valence electrons. The Kier molecular flexibility index (Phi) is 5.46. The molecular weight excluding hydrogens is 290 g/mol. The van der Waals surface area contributed by atoms with E-state index in [1.807, 2.05) is 5.38 Å². The minimum absolute atomic E-state index is 0.0311. The summed E-state index contributed by atoms with van der Waals surface area (Å²) in [4.78, 5) is 16.4. The van der Waals surface area contributed by atoms with Gasteiger partial charge in [0.05, 0.1) is 11.4 Å². The van der Waals surface area contributed by atoms with Crippen LogP contribution >= 0.6 is 23.1 Å². The molecule has 20 heavy (non-hydrogen) atoms. The first-order valence-corrected chi connectivity index (χ1v) is 8.96. The molecule has 1 aromatic rings. The van der Waals surface area contributed by atoms with Gasteiger partial charge in [0, 0.05) is 16.0 Å². The fourth-order valence-corrected chi connectivity index (χ4v) is 3.97. The molecule has 1 saturated heterocycles. The molecule has 0 radical (unpaired) electrons. The van der Waals surface area contributed by atoms with Crippen LogP contribution in [-0.2, 0) is 10.2 Å². The first-order valence-electron chi connectivity index (χ1n) is 7.03. The molecule has 1 aliphatic rings. The SMILES string of the molecule is CC(C)(C)c1csc(NC(=O)CSC2CCNCC2)n1. The lowest BCUT2D eigenvalue weighted by Gasteiger charge is -2.21. The third kappa shape index (κ3) is 4.75. The van der Waals surface area contributed by atoms with Gasteiger partial charge >= 0.3 is 0 Å². The van der Waals surface area contributed by atoms with Crippen molar-refractivity contribution in [1.82, 2.24) is 10.3 Å². The topological polar surface area (TPSA) is 54.0 Å². The van der Waals surface area contributed by atoms with E-state index in [0.29, 0.717) is 16.1 Å². The molecule has 1 amide bonds. The van der Waals surface area contributed by atoms with Crippen LogP contribution in [0.5, 0.6) is 0 Å². The number of nitrogens with one attached hydrogen (secondary N) is 2. The van der Waals surface area contributed by atoms with Gasteiger partial charge in [-0.15, -0.1) is 23.1 Å². The first-order chi connectivity index (χ1) is 9.45. The van der Waals surface area contributed by atoms with Gasteiger partial charge in [0.25, 0.3) is 0 Å². The van der Waals surface area contributed by atoms with Crippen molar-refractivity contribution in [3.8, 4) is 0 Å². The number of anilines is 1. The van der Waals surface area contributed by atoms with Crippen molar-refractivity contribution in [3.63, 3.8) is 0 Å². The smallest absolute Gasteiger partial charge is 0.236 e. The number of rotatable bonds is 4. The molecule has 1 aliphatic heterocycles. The summed E-state index contributed by atoms with van der Waals surface area (Å²) < 4.78 is 0. The van der Waals surface area contributed by atoms with Crippen LogP contribution in [0.4, 0.5) is 5.13 Å². The average molecular weight is 313 g/mol. The van der Waals surface area contributed by atoms with Crippen LogP contribution in [0.3, 0.4) is 0 Å². The maximum Gasteiger partial charge on any atom is 0.236 e. The second-order valence-corrected chi connectivity index (χ2v) is 8.24. The van der Waals surface area contributed by atoms with Crippen molar-refractivity contribution in [1.29, 1.82) is 0 Å². The highest BCUT2D eigenvalue weighted by molar-refractivity contribution is 8.00. The van der Waals surface area contributed by atoms with Crippen molar-refractivity contribution in [2.45, 2.75) is 44.3 Å². The van der Waals surface area contributed by atoms with Gasteiger partial charge in [0.15, 0.2) is 5.13 Å². The Hall–Kier alpha value is -0.590. The zero-order valence-corrected chi connectivity index (χ0v) is 14.0. The summed E-state index contributed by atoms with van der Waals surface area (Å²) in [5.41, 5.74) is 1.06. The van der Waals surface area contributed by atoms with Crippen molar-refractivity contribution < 1.29 is 4.79 Å². The van der Waals surface area contributed by atoms with Gasteiger partial charge in [-0.3, -0.25) is 4.79 Å². The van der Waals surface area contributed by atoms with E-state index in [1.165, 1.54) is 11.3 Å². The molecule has 2 rings (SSSR count). The third-order valence-electron chi connectivity index (χ3n) is 3.26. The molecule has 2 heterocycles. The number of hydrogen-bond donors (Lipinski definition) is 2. The minimum atomic E-state index is 0.0311. The van der Waals surface area contributed by atoms with Gasteiger partial charge in [-0.1, -0.05) is 20.8 Å². The van der Waals surface area contributed by atoms with Crippen LogP contribution < -0.4 is 10.6 Å². The number of carbonyl (C=O) groups excluding carboxylic acids is 1. The van der Waals surface area contributed by atoms with E-state index >= 15 is 0 Å². The van der Waals surface area contributed by atoms with E-state index in [4.69, 9.17) is 0 Å². The summed E-state index contributed by atoms with van der Waals surface area (Å²) >= 11 is 3.27. The fraction of sp³-hybridized carbons (Fsp3) is 0.714. The summed E-state index contributed by atoms with van der Waals surface area (Å²) in [6, 6.07) is 0. The minimum Gasteiger partial charge on any atom is -0.317 e. The Morgan fingerprint density at radius 3 is 2.80 bits per heavy atom. The van der Waals surface area contributed by atoms with Crippen LogP contribution in [-0.4, -0.2) is 35.0 Å². The second kappa shape index (κ2) is 6.91. The zero-order valence-electron chi connectivity index (χ0n) is 12.4. The number of aromatic nitrogens is 1. The average Bonchev–Trinajstić information content (AvgIpc) is 2.86. The first kappa shape index (κ1) is 15.8. The van der Waals surface area contributed by atoms with Gasteiger partial charge < -0.3 is 10.6 Å². The Balaban J connectivity index is 1.77. The van der Waals surface area contributed by atoms with Gasteiger partial charge in [-0.25, -0.2) is 4.98 Å². The van der Waals surface area contributed by atoms with Crippen molar-refractivity contribution in [2.75, 3.05) is 24.2 Å². The summed E-state index contributed by atoms with van der Waals surface area (Å²) in [7, 11) is 0. The molecule has 0 aliphatic carbocycles. The number of thiazole rings is 1. The quantitative estimate of drug-likeness (QED) is 0.897. The van der Waals surface area contributed by atoms with Gasteiger partial charge in [0.1, 0.15) is 0 Å². The number of hydrogen-bond acceptors (Lipinski definition) is 5. The van der Waals surface area contributed by atoms with Crippen LogP contribution in [0.2, 0.25) is 0 Å². The molecular formula is C14H23N3OS2. The predicted molar refractivity (Wildman–Crippen MR) is 87.8 cm³/mol. The van der Waals surface area contributed by atoms with E-state index in [-0.39, 0.29) is 11.3 Å². The molecule has 0 aromatic carbocycles. The number of nitrogens with zero attached hydrogens (tertiary/aromatic N) is 1. The summed E-state index contributed by atoms with van der Waals surface area (Å²) in [5, 5.41) is 9.59. The van der Waals surface area contributed by atoms with Crippen LogP contribution in [0.25, 0.3) is 0 Å². The Bertz CT molecular complexity index is 448. The second-order valence-electron chi connectivity index (χ2n) is 6.10. The highest BCUT2D eigenvalue weighted by atomic mass is 32.2. The highest BCUT2D eigenvalue weighted by Crippen LogP contribution is 2.26. The molecule has 1 aromatic heterocycles. The van der Waals surface area contributed by atoms with Crippen molar-refractivity contribution in [3.05, 3.63) is 11.1 Å². The van der Waals surface area contributed by atoms with E-state index in [9.17, 15) is 4.79 Å².